The summed E-state index contributed by atoms with van der Waals surface area (Å²) in [5.41, 5.74) is -0.279. The number of amides is 4. The molecule has 3 aliphatic carbocycles. The molecule has 2 saturated heterocycles. The van der Waals surface area contributed by atoms with E-state index in [2.05, 4.69) is 15.9 Å². The molecule has 4 amide bonds. The van der Waals surface area contributed by atoms with Crippen molar-refractivity contribution in [1.82, 2.24) is 0 Å². The minimum atomic E-state index is -1.51. The van der Waals surface area contributed by atoms with Crippen LogP contribution in [0.3, 0.4) is 0 Å². The number of rotatable bonds is 6. The SMILES string of the molecule is CCOC(=O)C1=C(C)C2(Br)C3C(=O)N(c4ccc(OC)cc4)C(=O)C3C1(C)C1C(=O)N(c3ccc(OC)cc3)C(=O)C12. The second kappa shape index (κ2) is 9.52. The van der Waals surface area contributed by atoms with Gasteiger partial charge in [0.05, 0.1) is 60.2 Å². The number of hydrogen-bond acceptors (Lipinski definition) is 8. The Hall–Kier alpha value is -3.99. The summed E-state index contributed by atoms with van der Waals surface area (Å²) in [6.07, 6.45) is 0. The zero-order chi connectivity index (χ0) is 30.3. The molecule has 3 fully saturated rings. The van der Waals surface area contributed by atoms with Crippen molar-refractivity contribution in [2.24, 2.45) is 29.1 Å². The van der Waals surface area contributed by atoms with Gasteiger partial charge in [-0.15, -0.1) is 0 Å². The fourth-order valence-electron chi connectivity index (χ4n) is 7.70. The number of carbonyl (C=O) groups is 5. The first kappa shape index (κ1) is 28.1. The first-order valence-corrected chi connectivity index (χ1v) is 14.4. The summed E-state index contributed by atoms with van der Waals surface area (Å²) in [6, 6.07) is 13.0. The Balaban J connectivity index is 1.55. The lowest BCUT2D eigenvalue weighted by atomic mass is 9.43. The molecule has 2 aliphatic heterocycles. The van der Waals surface area contributed by atoms with E-state index in [9.17, 15) is 24.0 Å². The number of methoxy groups -OCH3 is 2. The van der Waals surface area contributed by atoms with Gasteiger partial charge in [-0.25, -0.2) is 14.6 Å². The fraction of sp³-hybridized carbons (Fsp3) is 0.387. The molecule has 0 aromatic heterocycles. The minimum absolute atomic E-state index is 0.0683. The maximum Gasteiger partial charge on any atom is 0.334 e. The van der Waals surface area contributed by atoms with Gasteiger partial charge in [-0.3, -0.25) is 19.2 Å². The molecule has 4 atom stereocenters. The molecule has 7 rings (SSSR count). The van der Waals surface area contributed by atoms with Gasteiger partial charge in [0, 0.05) is 11.0 Å². The van der Waals surface area contributed by atoms with Gasteiger partial charge in [0.2, 0.25) is 23.6 Å². The highest BCUT2D eigenvalue weighted by atomic mass is 79.9. The standard InChI is InChI=1S/C31H29BrN2O8/c1-6-42-29(39)20-15(2)31(32)23-21(25(35)33(27(23)37)16-7-11-18(40-4)12-8-16)30(20,3)22-24(31)28(38)34(26(22)36)17-9-13-19(41-5)14-10-17/h7-14,21-24H,6H2,1-5H3. The van der Waals surface area contributed by atoms with Crippen molar-refractivity contribution >= 4 is 56.9 Å². The molecule has 2 heterocycles. The Morgan fingerprint density at radius 3 is 1.50 bits per heavy atom. The molecular formula is C31H29BrN2O8. The molecule has 4 unspecified atom stereocenters. The second-order valence-corrected chi connectivity index (χ2v) is 12.4. The highest BCUT2D eigenvalue weighted by Crippen LogP contribution is 2.72. The summed E-state index contributed by atoms with van der Waals surface area (Å²) in [5, 5.41) is 0. The van der Waals surface area contributed by atoms with Crippen LogP contribution in [-0.2, 0) is 28.7 Å². The fourth-order valence-corrected chi connectivity index (χ4v) is 8.82. The van der Waals surface area contributed by atoms with Crippen molar-refractivity contribution in [3.8, 4) is 11.5 Å². The van der Waals surface area contributed by atoms with Crippen LogP contribution in [0.15, 0.2) is 59.7 Å². The largest absolute Gasteiger partial charge is 0.497 e. The number of nitrogens with zero attached hydrogens (tertiary/aromatic N) is 2. The van der Waals surface area contributed by atoms with Gasteiger partial charge in [-0.2, -0.15) is 0 Å². The zero-order valence-corrected chi connectivity index (χ0v) is 25.3. The molecule has 218 valence electrons. The van der Waals surface area contributed by atoms with Crippen LogP contribution in [0.1, 0.15) is 20.8 Å². The molecule has 2 aromatic carbocycles. The first-order chi connectivity index (χ1) is 20.0. The van der Waals surface area contributed by atoms with Crippen molar-refractivity contribution in [1.29, 1.82) is 0 Å². The lowest BCUT2D eigenvalue weighted by Gasteiger charge is -2.59. The lowest BCUT2D eigenvalue weighted by molar-refractivity contribution is -0.152. The van der Waals surface area contributed by atoms with Gasteiger partial charge in [-0.1, -0.05) is 22.9 Å². The number of allylic oxidation sites excluding steroid dienone is 1. The van der Waals surface area contributed by atoms with Crippen molar-refractivity contribution in [2.45, 2.75) is 25.1 Å². The number of esters is 1. The molecule has 2 bridgehead atoms. The Morgan fingerprint density at radius 2 is 1.14 bits per heavy atom. The summed E-state index contributed by atoms with van der Waals surface area (Å²) < 4.78 is 14.4. The Morgan fingerprint density at radius 1 is 0.762 bits per heavy atom. The van der Waals surface area contributed by atoms with Gasteiger partial charge in [0.15, 0.2) is 0 Å². The number of imide groups is 2. The zero-order valence-electron chi connectivity index (χ0n) is 23.7. The summed E-state index contributed by atoms with van der Waals surface area (Å²) in [7, 11) is 3.02. The number of anilines is 2. The van der Waals surface area contributed by atoms with E-state index in [4.69, 9.17) is 14.2 Å². The molecular weight excluding hydrogens is 608 g/mol. The van der Waals surface area contributed by atoms with E-state index >= 15 is 0 Å². The monoisotopic (exact) mass is 636 g/mol. The predicted octanol–water partition coefficient (Wildman–Crippen LogP) is 3.66. The van der Waals surface area contributed by atoms with Gasteiger partial charge in [0.25, 0.3) is 0 Å². The van der Waals surface area contributed by atoms with Crippen LogP contribution in [0.5, 0.6) is 11.5 Å². The lowest BCUT2D eigenvalue weighted by Crippen LogP contribution is -2.67. The minimum Gasteiger partial charge on any atom is -0.497 e. The maximum absolute atomic E-state index is 14.3. The number of halogens is 1. The van der Waals surface area contributed by atoms with Gasteiger partial charge in [-0.05, 0) is 68.0 Å². The van der Waals surface area contributed by atoms with Crippen molar-refractivity contribution in [3.05, 3.63) is 59.7 Å². The summed E-state index contributed by atoms with van der Waals surface area (Å²) in [5.74, 6) is -6.01. The summed E-state index contributed by atoms with van der Waals surface area (Å²) in [4.78, 5) is 73.0. The van der Waals surface area contributed by atoms with Crippen LogP contribution in [-0.4, -0.2) is 54.7 Å². The van der Waals surface area contributed by atoms with Crippen molar-refractivity contribution in [3.63, 3.8) is 0 Å². The third-order valence-electron chi connectivity index (χ3n) is 9.44. The van der Waals surface area contributed by atoms with E-state index in [0.29, 0.717) is 28.4 Å². The predicted molar refractivity (Wildman–Crippen MR) is 154 cm³/mol. The molecule has 0 radical (unpaired) electrons. The van der Waals surface area contributed by atoms with E-state index in [1.807, 2.05) is 0 Å². The average molecular weight is 637 g/mol. The molecule has 2 aromatic rings. The van der Waals surface area contributed by atoms with Crippen LogP contribution >= 0.6 is 15.9 Å². The molecule has 0 spiro atoms. The smallest absolute Gasteiger partial charge is 0.334 e. The van der Waals surface area contributed by atoms with Crippen LogP contribution < -0.4 is 19.3 Å². The molecule has 10 nitrogen and oxygen atoms in total. The highest BCUT2D eigenvalue weighted by molar-refractivity contribution is 9.10. The van der Waals surface area contributed by atoms with Crippen LogP contribution in [0.2, 0.25) is 0 Å². The molecule has 1 saturated carbocycles. The van der Waals surface area contributed by atoms with Gasteiger partial charge in [0.1, 0.15) is 11.5 Å². The van der Waals surface area contributed by atoms with Crippen LogP contribution in [0.25, 0.3) is 0 Å². The highest BCUT2D eigenvalue weighted by Gasteiger charge is 2.81. The van der Waals surface area contributed by atoms with Crippen LogP contribution in [0.4, 0.5) is 11.4 Å². The quantitative estimate of drug-likeness (QED) is 0.268. The second-order valence-electron chi connectivity index (χ2n) is 11.1. The van der Waals surface area contributed by atoms with Gasteiger partial charge < -0.3 is 14.2 Å². The topological polar surface area (TPSA) is 120 Å². The number of ether oxygens (including phenoxy) is 3. The Kier molecular flexibility index (Phi) is 6.38. The number of benzene rings is 2. The van der Waals surface area contributed by atoms with E-state index in [-0.39, 0.29) is 12.2 Å². The summed E-state index contributed by atoms with van der Waals surface area (Å²) in [6.45, 7) is 5.05. The molecule has 42 heavy (non-hydrogen) atoms. The normalized spacial score (nSPS) is 31.5. The van der Waals surface area contributed by atoms with E-state index in [1.165, 1.54) is 14.2 Å². The van der Waals surface area contributed by atoms with E-state index in [1.54, 1.807) is 69.3 Å². The third kappa shape index (κ3) is 3.34. The maximum atomic E-state index is 14.3. The van der Waals surface area contributed by atoms with Gasteiger partial charge >= 0.3 is 5.97 Å². The Labute approximate surface area is 250 Å². The van der Waals surface area contributed by atoms with Crippen LogP contribution in [0, 0.1) is 29.1 Å². The van der Waals surface area contributed by atoms with Crippen molar-refractivity contribution < 1.29 is 38.2 Å². The number of alkyl halides is 1. The first-order valence-electron chi connectivity index (χ1n) is 13.6. The summed E-state index contributed by atoms with van der Waals surface area (Å²) >= 11 is 3.77. The van der Waals surface area contributed by atoms with E-state index < -0.39 is 63.0 Å². The van der Waals surface area contributed by atoms with E-state index in [0.717, 1.165) is 9.80 Å². The Bertz CT molecular complexity index is 1490. The number of hydrogen-bond donors (Lipinski definition) is 0. The molecule has 11 heteroatoms. The molecule has 0 N–H and O–H groups in total. The number of carbonyl (C=O) groups excluding carboxylic acids is 5. The molecule has 5 aliphatic rings. The third-order valence-corrected chi connectivity index (χ3v) is 11.0. The average Bonchev–Trinajstić information content (AvgIpc) is 3.42. The van der Waals surface area contributed by atoms with Crippen molar-refractivity contribution in [2.75, 3.05) is 30.6 Å².